The molecule has 24 heavy (non-hydrogen) atoms. The third-order valence-corrected chi connectivity index (χ3v) is 4.39. The van der Waals surface area contributed by atoms with Gasteiger partial charge < -0.3 is 14.9 Å². The molecule has 0 radical (unpaired) electrons. The highest BCUT2D eigenvalue weighted by atomic mass is 19.1. The van der Waals surface area contributed by atoms with E-state index in [1.807, 2.05) is 0 Å². The Morgan fingerprint density at radius 1 is 1.46 bits per heavy atom. The van der Waals surface area contributed by atoms with Crippen molar-refractivity contribution in [2.45, 2.75) is 25.8 Å². The Morgan fingerprint density at radius 3 is 3.04 bits per heavy atom. The first-order chi connectivity index (χ1) is 11.7. The number of pyridine rings is 2. The zero-order valence-corrected chi connectivity index (χ0v) is 13.3. The number of nitrogens with zero attached hydrogens (tertiary/aromatic N) is 3. The second-order valence-electron chi connectivity index (χ2n) is 6.21. The van der Waals surface area contributed by atoms with Crippen molar-refractivity contribution in [3.63, 3.8) is 0 Å². The van der Waals surface area contributed by atoms with Crippen LogP contribution < -0.4 is 10.9 Å². The number of hydrogen-bond acceptors (Lipinski definition) is 4. The van der Waals surface area contributed by atoms with Crippen LogP contribution in [0.3, 0.4) is 0 Å². The molecule has 4 rings (SSSR count). The minimum Gasteiger partial charge on any atom is -0.384 e. The Labute approximate surface area is 137 Å². The number of imidazole rings is 1. The van der Waals surface area contributed by atoms with Gasteiger partial charge in [-0.1, -0.05) is 0 Å². The lowest BCUT2D eigenvalue weighted by molar-refractivity contribution is 0.628. The van der Waals surface area contributed by atoms with E-state index >= 15 is 0 Å². The van der Waals surface area contributed by atoms with Crippen LogP contribution in [0, 0.1) is 11.7 Å². The maximum atomic E-state index is 14.0. The second kappa shape index (κ2) is 5.74. The average molecular weight is 327 g/mol. The lowest BCUT2D eigenvalue weighted by atomic mass is 10.2. The van der Waals surface area contributed by atoms with Crippen molar-refractivity contribution in [3.8, 4) is 0 Å². The summed E-state index contributed by atoms with van der Waals surface area (Å²) in [6.45, 7) is 0.255. The Kier molecular flexibility index (Phi) is 3.55. The van der Waals surface area contributed by atoms with Crippen LogP contribution in [-0.2, 0) is 13.0 Å². The monoisotopic (exact) mass is 327 g/mol. The summed E-state index contributed by atoms with van der Waals surface area (Å²) in [5.41, 5.74) is 2.17. The summed E-state index contributed by atoms with van der Waals surface area (Å²) in [5.74, 6) is 0.750. The quantitative estimate of drug-likeness (QED) is 0.754. The Hall–Kier alpha value is -2.70. The summed E-state index contributed by atoms with van der Waals surface area (Å²) in [6, 6.07) is 3.51. The number of H-pyrrole nitrogens is 1. The molecule has 1 aliphatic rings. The van der Waals surface area contributed by atoms with Gasteiger partial charge in [0.25, 0.3) is 5.56 Å². The first-order valence-corrected chi connectivity index (χ1v) is 8.05. The van der Waals surface area contributed by atoms with Crippen molar-refractivity contribution in [1.29, 1.82) is 0 Å². The molecular formula is C17H18FN5O. The number of fused-ring (bicyclic) bond motifs is 1. The number of nitrogens with one attached hydrogen (secondary N) is 2. The van der Waals surface area contributed by atoms with Crippen LogP contribution in [-0.4, -0.2) is 26.6 Å². The number of hydrogen-bond donors (Lipinski definition) is 2. The molecule has 3 aromatic heterocycles. The molecule has 1 fully saturated rings. The summed E-state index contributed by atoms with van der Waals surface area (Å²) in [7, 11) is 1.70. The highest BCUT2D eigenvalue weighted by Crippen LogP contribution is 2.33. The lowest BCUT2D eigenvalue weighted by Gasteiger charge is -2.05. The fraction of sp³-hybridized carbons (Fsp3) is 0.353. The lowest BCUT2D eigenvalue weighted by Crippen LogP contribution is -2.22. The number of halogens is 1. The zero-order valence-electron chi connectivity index (χ0n) is 13.3. The van der Waals surface area contributed by atoms with Gasteiger partial charge in [0.2, 0.25) is 0 Å². The van der Waals surface area contributed by atoms with Gasteiger partial charge in [-0.2, -0.15) is 0 Å². The van der Waals surface area contributed by atoms with Crippen LogP contribution >= 0.6 is 0 Å². The molecule has 1 aliphatic carbocycles. The second-order valence-corrected chi connectivity index (χ2v) is 6.21. The van der Waals surface area contributed by atoms with E-state index in [0.717, 1.165) is 12.1 Å². The van der Waals surface area contributed by atoms with Gasteiger partial charge in [-0.15, -0.1) is 0 Å². The maximum Gasteiger partial charge on any atom is 0.274 e. The molecule has 0 aliphatic heterocycles. The molecule has 0 amide bonds. The van der Waals surface area contributed by atoms with Gasteiger partial charge >= 0.3 is 0 Å². The zero-order chi connectivity index (χ0) is 16.7. The Morgan fingerprint density at radius 2 is 2.29 bits per heavy atom. The molecule has 0 unspecified atom stereocenters. The minimum absolute atomic E-state index is 0.141. The van der Waals surface area contributed by atoms with E-state index < -0.39 is 5.82 Å². The highest BCUT2D eigenvalue weighted by Gasteiger charge is 2.24. The van der Waals surface area contributed by atoms with Crippen LogP contribution in [0.2, 0.25) is 0 Å². The smallest absolute Gasteiger partial charge is 0.274 e. The Balaban J connectivity index is 1.72. The summed E-state index contributed by atoms with van der Waals surface area (Å²) in [4.78, 5) is 24.0. The van der Waals surface area contributed by atoms with Gasteiger partial charge in [-0.3, -0.25) is 9.78 Å². The maximum absolute atomic E-state index is 14.0. The third kappa shape index (κ3) is 2.66. The van der Waals surface area contributed by atoms with E-state index in [4.69, 9.17) is 0 Å². The molecule has 124 valence electrons. The molecule has 0 saturated heterocycles. The molecule has 3 aromatic rings. The SMILES string of the molecule is CNc1cccn(Cc2nc3c(F)cnc(CC4CC4)c3[nH]2)c1=O. The molecule has 0 aromatic carbocycles. The van der Waals surface area contributed by atoms with Crippen molar-refractivity contribution < 1.29 is 4.39 Å². The van der Waals surface area contributed by atoms with E-state index in [1.54, 1.807) is 25.4 Å². The van der Waals surface area contributed by atoms with Gasteiger partial charge in [-0.05, 0) is 37.3 Å². The van der Waals surface area contributed by atoms with E-state index in [0.29, 0.717) is 28.5 Å². The first-order valence-electron chi connectivity index (χ1n) is 8.05. The molecular weight excluding hydrogens is 309 g/mol. The van der Waals surface area contributed by atoms with Crippen molar-refractivity contribution >= 4 is 16.7 Å². The van der Waals surface area contributed by atoms with Crippen molar-refractivity contribution in [2.75, 3.05) is 12.4 Å². The predicted molar refractivity (Wildman–Crippen MR) is 89.6 cm³/mol. The predicted octanol–water partition coefficient (Wildman–Crippen LogP) is 2.30. The van der Waals surface area contributed by atoms with E-state index in [-0.39, 0.29) is 12.1 Å². The minimum atomic E-state index is -0.441. The van der Waals surface area contributed by atoms with Crippen molar-refractivity contribution in [2.24, 2.45) is 5.92 Å². The summed E-state index contributed by atoms with van der Waals surface area (Å²) >= 11 is 0. The van der Waals surface area contributed by atoms with Gasteiger partial charge in [0, 0.05) is 13.2 Å². The largest absolute Gasteiger partial charge is 0.384 e. The van der Waals surface area contributed by atoms with Crippen molar-refractivity contribution in [3.05, 3.63) is 52.2 Å². The normalized spacial score (nSPS) is 14.2. The van der Waals surface area contributed by atoms with Crippen LogP contribution in [0.1, 0.15) is 24.4 Å². The third-order valence-electron chi connectivity index (χ3n) is 4.39. The van der Waals surface area contributed by atoms with Crippen LogP contribution in [0.4, 0.5) is 10.1 Å². The molecule has 0 spiro atoms. The number of aromatic amines is 1. The van der Waals surface area contributed by atoms with Crippen LogP contribution in [0.15, 0.2) is 29.3 Å². The summed E-state index contributed by atoms with van der Waals surface area (Å²) < 4.78 is 15.6. The van der Waals surface area contributed by atoms with Gasteiger partial charge in [-0.25, -0.2) is 9.37 Å². The summed E-state index contributed by atoms with van der Waals surface area (Å²) in [6.07, 6.45) is 6.17. The standard InChI is InChI=1S/C17H18FN5O/c1-19-12-3-2-6-23(17(12)24)9-14-21-15-11(18)8-20-13(16(15)22-14)7-10-4-5-10/h2-3,6,8,10,19H,4-5,7,9H2,1H3,(H,21,22). The van der Waals surface area contributed by atoms with E-state index in [2.05, 4.69) is 20.3 Å². The molecule has 2 N–H and O–H groups in total. The molecule has 3 heterocycles. The van der Waals surface area contributed by atoms with E-state index in [1.165, 1.54) is 23.6 Å². The Bertz CT molecular complexity index is 957. The molecule has 6 nitrogen and oxygen atoms in total. The summed E-state index contributed by atoms with van der Waals surface area (Å²) in [5, 5.41) is 2.86. The van der Waals surface area contributed by atoms with Gasteiger partial charge in [0.05, 0.1) is 24.0 Å². The number of aromatic nitrogens is 4. The van der Waals surface area contributed by atoms with Crippen molar-refractivity contribution in [1.82, 2.24) is 19.5 Å². The van der Waals surface area contributed by atoms with Gasteiger partial charge in [0.1, 0.15) is 17.0 Å². The number of rotatable bonds is 5. The van der Waals surface area contributed by atoms with Crippen LogP contribution in [0.25, 0.3) is 11.0 Å². The molecule has 7 heteroatoms. The molecule has 1 saturated carbocycles. The number of anilines is 1. The fourth-order valence-electron chi connectivity index (χ4n) is 2.90. The molecule has 0 atom stereocenters. The van der Waals surface area contributed by atoms with Gasteiger partial charge in [0.15, 0.2) is 5.82 Å². The molecule has 0 bridgehead atoms. The average Bonchev–Trinajstić information content (AvgIpc) is 3.29. The van der Waals surface area contributed by atoms with E-state index in [9.17, 15) is 9.18 Å². The van der Waals surface area contributed by atoms with Crippen LogP contribution in [0.5, 0.6) is 0 Å². The first kappa shape index (κ1) is 14.9. The topological polar surface area (TPSA) is 75.6 Å². The fourth-order valence-corrected chi connectivity index (χ4v) is 2.90. The highest BCUT2D eigenvalue weighted by molar-refractivity contribution is 5.78.